The first kappa shape index (κ1) is 26.6. The normalized spacial score (nSPS) is 18.5. The highest BCUT2D eigenvalue weighted by atomic mass is 16.4. The average Bonchev–Trinajstić information content (AvgIpc) is 2.83. The number of Topliss-reactive ketones (excluding diaryl/α,β-unsaturated/α-hetero) is 2. The van der Waals surface area contributed by atoms with Crippen LogP contribution >= 0.6 is 0 Å². The minimum atomic E-state index is -1.66. The van der Waals surface area contributed by atoms with Crippen LogP contribution in [0.5, 0.6) is 0 Å². The second-order valence-electron chi connectivity index (χ2n) is 9.21. The second-order valence-corrected chi connectivity index (χ2v) is 9.21. The number of rotatable bonds is 8. The third-order valence-electron chi connectivity index (χ3n) is 6.33. The Morgan fingerprint density at radius 1 is 1.11 bits per heavy atom. The lowest BCUT2D eigenvalue weighted by molar-refractivity contribution is -0.164. The van der Waals surface area contributed by atoms with E-state index in [4.69, 9.17) is 0 Å². The van der Waals surface area contributed by atoms with E-state index in [-0.39, 0.29) is 54.3 Å². The summed E-state index contributed by atoms with van der Waals surface area (Å²) >= 11 is 0. The van der Waals surface area contributed by atoms with Crippen molar-refractivity contribution in [3.8, 4) is 0 Å². The van der Waals surface area contributed by atoms with Crippen LogP contribution in [0.15, 0.2) is 66.0 Å². The molecule has 1 aliphatic heterocycles. The summed E-state index contributed by atoms with van der Waals surface area (Å²) in [4.78, 5) is 64.9. The molecule has 0 aromatic heterocycles. The van der Waals surface area contributed by atoms with Crippen molar-refractivity contribution >= 4 is 29.4 Å². The summed E-state index contributed by atoms with van der Waals surface area (Å²) in [5, 5.41) is 12.3. The van der Waals surface area contributed by atoms with Crippen molar-refractivity contribution in [2.45, 2.75) is 52.6 Å². The highest BCUT2D eigenvalue weighted by Gasteiger charge is 2.42. The number of carboxylic acid groups (broad SMARTS) is 1. The monoisotopic (exact) mass is 493 g/mol. The number of amides is 2. The molecule has 3 rings (SSSR count). The van der Waals surface area contributed by atoms with Gasteiger partial charge in [-0.25, -0.2) is 9.80 Å². The Balaban J connectivity index is 2.20. The first-order valence-electron chi connectivity index (χ1n) is 11.8. The molecule has 0 fully saturated rings. The third-order valence-corrected chi connectivity index (χ3v) is 6.33. The van der Waals surface area contributed by atoms with Crippen molar-refractivity contribution in [1.82, 2.24) is 14.9 Å². The molecule has 0 bridgehead atoms. The van der Waals surface area contributed by atoms with Gasteiger partial charge in [0.1, 0.15) is 6.04 Å². The van der Waals surface area contributed by atoms with Crippen molar-refractivity contribution in [3.05, 3.63) is 71.6 Å². The number of nitrogens with zero attached hydrogens (tertiary/aromatic N) is 3. The smallest absolute Gasteiger partial charge is 0.374 e. The van der Waals surface area contributed by atoms with Gasteiger partial charge in [-0.1, -0.05) is 56.3 Å². The van der Waals surface area contributed by atoms with Crippen molar-refractivity contribution in [2.24, 2.45) is 5.92 Å². The molecule has 190 valence electrons. The van der Waals surface area contributed by atoms with E-state index in [1.54, 1.807) is 48.6 Å². The molecule has 1 aliphatic carbocycles. The lowest BCUT2D eigenvalue weighted by Gasteiger charge is -2.48. The van der Waals surface area contributed by atoms with E-state index in [0.29, 0.717) is 5.56 Å². The third kappa shape index (κ3) is 5.62. The number of aliphatic carboxylic acids is 1. The number of ketones is 2. The number of allylic oxidation sites excluding steroid dienone is 4. The maximum absolute atomic E-state index is 13.1. The van der Waals surface area contributed by atoms with Crippen LogP contribution in [0.3, 0.4) is 0 Å². The van der Waals surface area contributed by atoms with Gasteiger partial charge in [0.25, 0.3) is 5.78 Å². The molecule has 1 aromatic carbocycles. The molecule has 0 saturated carbocycles. The van der Waals surface area contributed by atoms with Crippen LogP contribution in [0.4, 0.5) is 0 Å². The number of carbonyl (C=O) groups is 5. The van der Waals surface area contributed by atoms with E-state index in [1.165, 1.54) is 30.0 Å². The summed E-state index contributed by atoms with van der Waals surface area (Å²) in [5.74, 6) is -3.86. The largest absolute Gasteiger partial charge is 0.475 e. The predicted molar refractivity (Wildman–Crippen MR) is 132 cm³/mol. The topological polar surface area (TPSA) is 115 Å². The number of hydrazine groups is 1. The van der Waals surface area contributed by atoms with Crippen molar-refractivity contribution in [2.75, 3.05) is 6.54 Å². The Morgan fingerprint density at radius 3 is 2.31 bits per heavy atom. The van der Waals surface area contributed by atoms with Crippen molar-refractivity contribution < 1.29 is 29.1 Å². The molecule has 36 heavy (non-hydrogen) atoms. The second kappa shape index (κ2) is 11.2. The van der Waals surface area contributed by atoms with Crippen LogP contribution in [0.2, 0.25) is 0 Å². The predicted octanol–water partition coefficient (Wildman–Crippen LogP) is 2.50. The minimum Gasteiger partial charge on any atom is -0.475 e. The van der Waals surface area contributed by atoms with E-state index in [1.807, 2.05) is 13.8 Å². The molecular weight excluding hydrogens is 462 g/mol. The van der Waals surface area contributed by atoms with Gasteiger partial charge in [0.2, 0.25) is 11.8 Å². The standard InChI is InChI=1S/C27H31N3O6/c1-17(2)23-16-29(24(15-28(23)18(3)31)21-12-8-9-13-25(21)33)30(19(4)32)22(26(34)27(35)36)14-20-10-6-5-7-11-20/h5-12,15,17,22-23H,13-14,16H2,1-4H3,(H,35,36)/t22-,23+/m0/s1. The van der Waals surface area contributed by atoms with E-state index in [9.17, 15) is 29.1 Å². The highest BCUT2D eigenvalue weighted by Crippen LogP contribution is 2.32. The van der Waals surface area contributed by atoms with Crippen LogP contribution in [-0.4, -0.2) is 68.0 Å². The number of benzene rings is 1. The van der Waals surface area contributed by atoms with Gasteiger partial charge in [-0.2, -0.15) is 0 Å². The van der Waals surface area contributed by atoms with Gasteiger partial charge in [-0.15, -0.1) is 0 Å². The minimum absolute atomic E-state index is 0.0367. The maximum atomic E-state index is 13.1. The molecule has 2 amide bonds. The van der Waals surface area contributed by atoms with Gasteiger partial charge in [0, 0.05) is 38.5 Å². The zero-order chi connectivity index (χ0) is 26.6. The van der Waals surface area contributed by atoms with Crippen molar-refractivity contribution in [3.63, 3.8) is 0 Å². The molecule has 0 radical (unpaired) electrons. The fourth-order valence-corrected chi connectivity index (χ4v) is 4.52. The summed E-state index contributed by atoms with van der Waals surface area (Å²) in [7, 11) is 0. The van der Waals surface area contributed by atoms with Gasteiger partial charge in [0.05, 0.1) is 18.3 Å². The van der Waals surface area contributed by atoms with E-state index in [0.717, 1.165) is 5.01 Å². The van der Waals surface area contributed by atoms with E-state index >= 15 is 0 Å². The zero-order valence-electron chi connectivity index (χ0n) is 20.9. The van der Waals surface area contributed by atoms with Gasteiger partial charge in [-0.05, 0) is 17.6 Å². The summed E-state index contributed by atoms with van der Waals surface area (Å²) in [6, 6.07) is 7.07. The van der Waals surface area contributed by atoms with Gasteiger partial charge >= 0.3 is 5.97 Å². The van der Waals surface area contributed by atoms with Crippen LogP contribution in [0, 0.1) is 5.92 Å². The van der Waals surface area contributed by atoms with Crippen molar-refractivity contribution in [1.29, 1.82) is 0 Å². The Kier molecular flexibility index (Phi) is 8.24. The first-order chi connectivity index (χ1) is 17.0. The van der Waals surface area contributed by atoms with Crippen LogP contribution in [-0.2, 0) is 30.4 Å². The molecule has 2 aliphatic rings. The fraction of sp³-hybridized carbons (Fsp3) is 0.370. The quantitative estimate of drug-likeness (QED) is 0.553. The van der Waals surface area contributed by atoms with Gasteiger partial charge in [-0.3, -0.25) is 24.2 Å². The Morgan fingerprint density at radius 2 is 1.78 bits per heavy atom. The SMILES string of the molecule is CC(=O)N1C=C(C2=CC=CCC2=O)N(N(C(C)=O)[C@@H](Cc2ccccc2)C(=O)C(=O)O)C[C@@H]1C(C)C. The molecule has 1 heterocycles. The van der Waals surface area contributed by atoms with Crippen LogP contribution < -0.4 is 0 Å². The molecule has 9 heteroatoms. The number of carbonyl (C=O) groups excluding carboxylic acids is 4. The lowest BCUT2D eigenvalue weighted by atomic mass is 9.95. The Labute approximate surface area is 210 Å². The molecule has 0 unspecified atom stereocenters. The molecule has 0 saturated heterocycles. The summed E-state index contributed by atoms with van der Waals surface area (Å²) in [6.45, 7) is 6.62. The summed E-state index contributed by atoms with van der Waals surface area (Å²) in [5.41, 5.74) is 1.22. The number of carboxylic acids is 1. The van der Waals surface area contributed by atoms with Gasteiger partial charge in [0.15, 0.2) is 5.78 Å². The molecular formula is C27H31N3O6. The maximum Gasteiger partial charge on any atom is 0.374 e. The first-order valence-corrected chi connectivity index (χ1v) is 11.8. The lowest BCUT2D eigenvalue weighted by Crippen LogP contribution is -2.62. The summed E-state index contributed by atoms with van der Waals surface area (Å²) in [6.07, 6.45) is 6.65. The number of hydrogen-bond acceptors (Lipinski definition) is 6. The molecule has 1 N–H and O–H groups in total. The van der Waals surface area contributed by atoms with E-state index < -0.39 is 23.7 Å². The highest BCUT2D eigenvalue weighted by molar-refractivity contribution is 6.35. The molecule has 2 atom stereocenters. The van der Waals surface area contributed by atoms with Crippen LogP contribution in [0.1, 0.15) is 39.7 Å². The Hall–Kier alpha value is -4.01. The van der Waals surface area contributed by atoms with Crippen LogP contribution in [0.25, 0.3) is 0 Å². The molecule has 9 nitrogen and oxygen atoms in total. The molecule has 0 spiro atoms. The molecule has 1 aromatic rings. The Bertz CT molecular complexity index is 1150. The van der Waals surface area contributed by atoms with Gasteiger partial charge < -0.3 is 10.0 Å². The fourth-order valence-electron chi connectivity index (χ4n) is 4.52. The summed E-state index contributed by atoms with van der Waals surface area (Å²) < 4.78 is 0. The zero-order valence-corrected chi connectivity index (χ0v) is 20.9. The van der Waals surface area contributed by atoms with E-state index in [2.05, 4.69) is 0 Å². The number of hydrogen-bond donors (Lipinski definition) is 1. The average molecular weight is 494 g/mol.